The van der Waals surface area contributed by atoms with Crippen LogP contribution in [0.2, 0.25) is 0 Å². The van der Waals surface area contributed by atoms with Crippen molar-refractivity contribution in [2.45, 2.75) is 19.3 Å². The molecule has 5 nitrogen and oxygen atoms in total. The van der Waals surface area contributed by atoms with Gasteiger partial charge in [-0.25, -0.2) is 0 Å². The minimum absolute atomic E-state index is 0.0457. The lowest BCUT2D eigenvalue weighted by Gasteiger charge is -2.16. The van der Waals surface area contributed by atoms with E-state index in [1.807, 2.05) is 13.0 Å². The zero-order valence-corrected chi connectivity index (χ0v) is 14.2. The monoisotopic (exact) mass is 340 g/mol. The standard InChI is InChI=1S/C20H20O5/c1-4-5-13-8-15(10-18(23-3)20(13)22)12(2)19(21)14-6-7-16-17(9-14)25-11-24-16/h4,6-10,12,22H,1,5,11H2,2-3H3/t12-/m0/s1. The van der Waals surface area contributed by atoms with Gasteiger partial charge in [0, 0.05) is 17.0 Å². The van der Waals surface area contributed by atoms with Gasteiger partial charge in [-0.05, 0) is 36.2 Å². The summed E-state index contributed by atoms with van der Waals surface area (Å²) in [5, 5.41) is 10.2. The maximum Gasteiger partial charge on any atom is 0.231 e. The summed E-state index contributed by atoms with van der Waals surface area (Å²) in [4.78, 5) is 12.9. The summed E-state index contributed by atoms with van der Waals surface area (Å²) in [5.74, 6) is 1.19. The summed E-state index contributed by atoms with van der Waals surface area (Å²) in [6.07, 6.45) is 2.18. The van der Waals surface area contributed by atoms with Crippen molar-refractivity contribution < 1.29 is 24.1 Å². The van der Waals surface area contributed by atoms with Gasteiger partial charge in [0.05, 0.1) is 7.11 Å². The number of methoxy groups -OCH3 is 1. The normalized spacial score (nSPS) is 13.4. The molecule has 0 spiro atoms. The molecule has 0 aromatic heterocycles. The van der Waals surface area contributed by atoms with Crippen LogP contribution in [0.3, 0.4) is 0 Å². The molecule has 1 heterocycles. The number of aromatic hydroxyl groups is 1. The van der Waals surface area contributed by atoms with E-state index in [1.165, 1.54) is 7.11 Å². The van der Waals surface area contributed by atoms with Crippen LogP contribution in [-0.2, 0) is 6.42 Å². The summed E-state index contributed by atoms with van der Waals surface area (Å²) in [6, 6.07) is 8.67. The van der Waals surface area contributed by atoms with E-state index < -0.39 is 5.92 Å². The minimum atomic E-state index is -0.404. The number of carbonyl (C=O) groups is 1. The predicted octanol–water partition coefficient (Wildman–Crippen LogP) is 3.84. The molecule has 0 amide bonds. The number of ether oxygens (including phenoxy) is 3. The van der Waals surface area contributed by atoms with Gasteiger partial charge in [-0.3, -0.25) is 4.79 Å². The highest BCUT2D eigenvalue weighted by Gasteiger charge is 2.23. The SMILES string of the molecule is C=CCc1cc([C@H](C)C(=O)c2ccc3c(c2)OCO3)cc(OC)c1O. The quantitative estimate of drug-likeness (QED) is 0.639. The molecular formula is C20H20O5. The number of benzene rings is 2. The van der Waals surface area contributed by atoms with Crippen LogP contribution in [0, 0.1) is 0 Å². The largest absolute Gasteiger partial charge is 0.504 e. The van der Waals surface area contributed by atoms with Crippen molar-refractivity contribution in [3.05, 3.63) is 59.7 Å². The van der Waals surface area contributed by atoms with Crippen LogP contribution >= 0.6 is 0 Å². The Bertz CT molecular complexity index is 825. The Morgan fingerprint density at radius 2 is 2.08 bits per heavy atom. The van der Waals surface area contributed by atoms with Crippen molar-refractivity contribution in [1.29, 1.82) is 0 Å². The van der Waals surface area contributed by atoms with E-state index in [0.717, 1.165) is 5.56 Å². The molecule has 130 valence electrons. The first-order valence-corrected chi connectivity index (χ1v) is 7.99. The molecule has 3 rings (SSSR count). The molecule has 0 bridgehead atoms. The Morgan fingerprint density at radius 3 is 2.80 bits per heavy atom. The lowest BCUT2D eigenvalue weighted by molar-refractivity contribution is 0.0965. The molecule has 5 heteroatoms. The third kappa shape index (κ3) is 3.18. The molecule has 0 saturated carbocycles. The van der Waals surface area contributed by atoms with Gasteiger partial charge < -0.3 is 19.3 Å². The van der Waals surface area contributed by atoms with Gasteiger partial charge in [-0.2, -0.15) is 0 Å². The fourth-order valence-electron chi connectivity index (χ4n) is 2.86. The van der Waals surface area contributed by atoms with E-state index in [4.69, 9.17) is 14.2 Å². The molecule has 1 aliphatic rings. The van der Waals surface area contributed by atoms with E-state index >= 15 is 0 Å². The van der Waals surface area contributed by atoms with Gasteiger partial charge >= 0.3 is 0 Å². The number of fused-ring (bicyclic) bond motifs is 1. The zero-order valence-electron chi connectivity index (χ0n) is 14.2. The average molecular weight is 340 g/mol. The molecule has 0 fully saturated rings. The van der Waals surface area contributed by atoms with Crippen molar-refractivity contribution in [2.75, 3.05) is 13.9 Å². The molecule has 0 aliphatic carbocycles. The second-order valence-electron chi connectivity index (χ2n) is 5.88. The fourth-order valence-corrected chi connectivity index (χ4v) is 2.86. The fraction of sp³-hybridized carbons (Fsp3) is 0.250. The Labute approximate surface area is 146 Å². The number of carbonyl (C=O) groups excluding carboxylic acids is 1. The summed E-state index contributed by atoms with van der Waals surface area (Å²) >= 11 is 0. The highest BCUT2D eigenvalue weighted by Crippen LogP contribution is 2.37. The predicted molar refractivity (Wildman–Crippen MR) is 93.9 cm³/mol. The van der Waals surface area contributed by atoms with Crippen molar-refractivity contribution in [1.82, 2.24) is 0 Å². The zero-order chi connectivity index (χ0) is 18.0. The van der Waals surface area contributed by atoms with Crippen LogP contribution in [0.15, 0.2) is 43.0 Å². The van der Waals surface area contributed by atoms with Gasteiger partial charge in [0.2, 0.25) is 6.79 Å². The van der Waals surface area contributed by atoms with Gasteiger partial charge in [0.1, 0.15) is 0 Å². The number of rotatable bonds is 6. The van der Waals surface area contributed by atoms with Crippen LogP contribution in [0.4, 0.5) is 0 Å². The summed E-state index contributed by atoms with van der Waals surface area (Å²) in [5.41, 5.74) is 2.00. The highest BCUT2D eigenvalue weighted by atomic mass is 16.7. The summed E-state index contributed by atoms with van der Waals surface area (Å²) in [7, 11) is 1.49. The number of hydrogen-bond donors (Lipinski definition) is 1. The third-order valence-electron chi connectivity index (χ3n) is 4.31. The number of Topliss-reactive ketones (excluding diaryl/α,β-unsaturated/α-hetero) is 1. The Hall–Kier alpha value is -2.95. The first-order chi connectivity index (χ1) is 12.0. The number of ketones is 1. The second-order valence-corrected chi connectivity index (χ2v) is 5.88. The Kier molecular flexibility index (Phi) is 4.65. The smallest absolute Gasteiger partial charge is 0.231 e. The van der Waals surface area contributed by atoms with E-state index in [0.29, 0.717) is 34.8 Å². The lowest BCUT2D eigenvalue weighted by Crippen LogP contribution is -2.10. The molecule has 25 heavy (non-hydrogen) atoms. The Balaban J connectivity index is 1.94. The maximum absolute atomic E-state index is 12.9. The molecule has 1 N–H and O–H groups in total. The van der Waals surface area contributed by atoms with Crippen LogP contribution in [0.25, 0.3) is 0 Å². The van der Waals surface area contributed by atoms with Gasteiger partial charge in [-0.1, -0.05) is 19.1 Å². The van der Waals surface area contributed by atoms with Crippen LogP contribution < -0.4 is 14.2 Å². The van der Waals surface area contributed by atoms with Crippen molar-refractivity contribution >= 4 is 5.78 Å². The molecule has 1 aliphatic heterocycles. The molecule has 2 aromatic rings. The summed E-state index contributed by atoms with van der Waals surface area (Å²) < 4.78 is 15.9. The van der Waals surface area contributed by atoms with Crippen LogP contribution in [0.5, 0.6) is 23.0 Å². The van der Waals surface area contributed by atoms with Gasteiger partial charge in [-0.15, -0.1) is 6.58 Å². The van der Waals surface area contributed by atoms with Crippen molar-refractivity contribution in [3.63, 3.8) is 0 Å². The molecule has 0 radical (unpaired) electrons. The third-order valence-corrected chi connectivity index (χ3v) is 4.31. The van der Waals surface area contributed by atoms with E-state index in [9.17, 15) is 9.90 Å². The number of phenolic OH excluding ortho intramolecular Hbond substituents is 1. The van der Waals surface area contributed by atoms with Crippen molar-refractivity contribution in [3.8, 4) is 23.0 Å². The number of phenols is 1. The van der Waals surface area contributed by atoms with E-state index in [1.54, 1.807) is 30.3 Å². The average Bonchev–Trinajstić information content (AvgIpc) is 3.10. The Morgan fingerprint density at radius 1 is 1.32 bits per heavy atom. The minimum Gasteiger partial charge on any atom is -0.504 e. The first kappa shape index (κ1) is 16.9. The molecule has 0 saturated heterocycles. The maximum atomic E-state index is 12.9. The second kappa shape index (κ2) is 6.89. The van der Waals surface area contributed by atoms with Gasteiger partial charge in [0.15, 0.2) is 28.8 Å². The van der Waals surface area contributed by atoms with E-state index in [-0.39, 0.29) is 18.3 Å². The summed E-state index contributed by atoms with van der Waals surface area (Å²) in [6.45, 7) is 5.70. The lowest BCUT2D eigenvalue weighted by atomic mass is 9.90. The topological polar surface area (TPSA) is 65.0 Å². The van der Waals surface area contributed by atoms with E-state index in [2.05, 4.69) is 6.58 Å². The number of allylic oxidation sites excluding steroid dienone is 1. The van der Waals surface area contributed by atoms with Crippen LogP contribution in [0.1, 0.15) is 34.3 Å². The molecule has 1 atom stereocenters. The highest BCUT2D eigenvalue weighted by molar-refractivity contribution is 6.01. The van der Waals surface area contributed by atoms with Crippen molar-refractivity contribution in [2.24, 2.45) is 0 Å². The first-order valence-electron chi connectivity index (χ1n) is 7.99. The molecule has 2 aromatic carbocycles. The molecular weight excluding hydrogens is 320 g/mol. The number of hydrogen-bond acceptors (Lipinski definition) is 5. The molecule has 0 unspecified atom stereocenters. The van der Waals surface area contributed by atoms with Crippen LogP contribution in [-0.4, -0.2) is 24.8 Å². The van der Waals surface area contributed by atoms with Gasteiger partial charge in [0.25, 0.3) is 0 Å².